The van der Waals surface area contributed by atoms with Gasteiger partial charge in [0.2, 0.25) is 11.8 Å². The third kappa shape index (κ3) is 5.64. The minimum atomic E-state index is 0. The number of rotatable bonds is 4. The second-order valence-corrected chi connectivity index (χ2v) is 7.09. The molecule has 0 bridgehead atoms. The Bertz CT molecular complexity index is 397. The second kappa shape index (κ2) is 9.48. The van der Waals surface area contributed by atoms with E-state index >= 15 is 0 Å². The van der Waals surface area contributed by atoms with Gasteiger partial charge in [-0.3, -0.25) is 9.59 Å². The first-order chi connectivity index (χ1) is 10.5. The Morgan fingerprint density at radius 1 is 1.13 bits per heavy atom. The Kier molecular flexibility index (Phi) is 8.34. The molecule has 134 valence electrons. The van der Waals surface area contributed by atoms with Crippen molar-refractivity contribution in [3.63, 3.8) is 0 Å². The van der Waals surface area contributed by atoms with Crippen LogP contribution in [0, 0.1) is 11.8 Å². The van der Waals surface area contributed by atoms with Crippen molar-refractivity contribution in [2.45, 2.75) is 58.4 Å². The standard InChI is InChI=1S/C17H31N3O2.ClH/c1-13-5-10-20(16(11-13)12-18)17(22)4-3-15-6-8-19(9-7-15)14(2)21;/h13,15-16H,3-12,18H2,1-2H3;1H. The van der Waals surface area contributed by atoms with E-state index in [1.807, 2.05) is 9.80 Å². The molecule has 0 radical (unpaired) electrons. The number of halogens is 1. The maximum absolute atomic E-state index is 12.5. The van der Waals surface area contributed by atoms with Gasteiger partial charge in [0, 0.05) is 45.6 Å². The van der Waals surface area contributed by atoms with Crippen molar-refractivity contribution in [1.82, 2.24) is 9.80 Å². The number of carbonyl (C=O) groups excluding carboxylic acids is 2. The number of likely N-dealkylation sites (tertiary alicyclic amines) is 2. The van der Waals surface area contributed by atoms with Crippen molar-refractivity contribution in [3.05, 3.63) is 0 Å². The van der Waals surface area contributed by atoms with E-state index < -0.39 is 0 Å². The molecular weight excluding hydrogens is 314 g/mol. The zero-order chi connectivity index (χ0) is 16.1. The van der Waals surface area contributed by atoms with E-state index in [0.29, 0.717) is 24.8 Å². The number of nitrogens with zero attached hydrogens (tertiary/aromatic N) is 2. The molecule has 6 heteroatoms. The smallest absolute Gasteiger partial charge is 0.222 e. The first-order valence-corrected chi connectivity index (χ1v) is 8.76. The summed E-state index contributed by atoms with van der Waals surface area (Å²) < 4.78 is 0. The van der Waals surface area contributed by atoms with Gasteiger partial charge in [-0.05, 0) is 43.9 Å². The van der Waals surface area contributed by atoms with Gasteiger partial charge in [-0.2, -0.15) is 0 Å². The minimum Gasteiger partial charge on any atom is -0.343 e. The fourth-order valence-corrected chi connectivity index (χ4v) is 3.81. The van der Waals surface area contributed by atoms with Crippen molar-refractivity contribution in [1.29, 1.82) is 0 Å². The summed E-state index contributed by atoms with van der Waals surface area (Å²) in [7, 11) is 0. The van der Waals surface area contributed by atoms with Gasteiger partial charge < -0.3 is 15.5 Å². The van der Waals surface area contributed by atoms with Crippen LogP contribution in [0.5, 0.6) is 0 Å². The fourth-order valence-electron chi connectivity index (χ4n) is 3.81. The average molecular weight is 346 g/mol. The fraction of sp³-hybridized carbons (Fsp3) is 0.882. The Morgan fingerprint density at radius 3 is 2.35 bits per heavy atom. The molecule has 0 saturated carbocycles. The summed E-state index contributed by atoms with van der Waals surface area (Å²) in [4.78, 5) is 27.8. The molecule has 2 atom stereocenters. The van der Waals surface area contributed by atoms with Crippen LogP contribution in [0.1, 0.15) is 52.4 Å². The molecule has 0 aromatic rings. The summed E-state index contributed by atoms with van der Waals surface area (Å²) in [6, 6.07) is 0.232. The summed E-state index contributed by atoms with van der Waals surface area (Å²) in [5.74, 6) is 1.70. The van der Waals surface area contributed by atoms with E-state index in [2.05, 4.69) is 6.92 Å². The highest BCUT2D eigenvalue weighted by atomic mass is 35.5. The number of nitrogens with two attached hydrogens (primary N) is 1. The average Bonchev–Trinajstić information content (AvgIpc) is 2.52. The van der Waals surface area contributed by atoms with Crippen LogP contribution in [0.25, 0.3) is 0 Å². The molecule has 0 spiro atoms. The number of hydrogen-bond acceptors (Lipinski definition) is 3. The molecular formula is C17H32ClN3O2. The van der Waals surface area contributed by atoms with Gasteiger partial charge >= 0.3 is 0 Å². The van der Waals surface area contributed by atoms with Gasteiger partial charge in [0.05, 0.1) is 0 Å². The predicted octanol–water partition coefficient (Wildman–Crippen LogP) is 2.03. The molecule has 2 amide bonds. The molecule has 2 rings (SSSR count). The van der Waals surface area contributed by atoms with Crippen molar-refractivity contribution in [2.75, 3.05) is 26.2 Å². The summed E-state index contributed by atoms with van der Waals surface area (Å²) in [6.07, 6.45) is 5.79. The number of amides is 2. The normalized spacial score (nSPS) is 25.9. The van der Waals surface area contributed by atoms with Gasteiger partial charge in [0.25, 0.3) is 0 Å². The summed E-state index contributed by atoms with van der Waals surface area (Å²) in [5.41, 5.74) is 5.84. The Balaban J connectivity index is 0.00000264. The molecule has 2 N–H and O–H groups in total. The highest BCUT2D eigenvalue weighted by Gasteiger charge is 2.29. The third-order valence-electron chi connectivity index (χ3n) is 5.40. The first-order valence-electron chi connectivity index (χ1n) is 8.76. The van der Waals surface area contributed by atoms with Crippen molar-refractivity contribution >= 4 is 24.2 Å². The molecule has 23 heavy (non-hydrogen) atoms. The molecule has 5 nitrogen and oxygen atoms in total. The summed E-state index contributed by atoms with van der Waals surface area (Å²) >= 11 is 0. The first kappa shape index (κ1) is 20.2. The molecule has 2 fully saturated rings. The maximum Gasteiger partial charge on any atom is 0.222 e. The topological polar surface area (TPSA) is 66.6 Å². The van der Waals surface area contributed by atoms with Crippen LogP contribution in [0.4, 0.5) is 0 Å². The lowest BCUT2D eigenvalue weighted by atomic mass is 9.90. The highest BCUT2D eigenvalue weighted by molar-refractivity contribution is 5.85. The third-order valence-corrected chi connectivity index (χ3v) is 5.40. The van der Waals surface area contributed by atoms with Crippen LogP contribution in [-0.2, 0) is 9.59 Å². The van der Waals surface area contributed by atoms with E-state index in [9.17, 15) is 9.59 Å². The zero-order valence-corrected chi connectivity index (χ0v) is 15.3. The number of carbonyl (C=O) groups is 2. The Labute approximate surface area is 146 Å². The van der Waals surface area contributed by atoms with Crippen LogP contribution in [0.3, 0.4) is 0 Å². The molecule has 2 saturated heterocycles. The van der Waals surface area contributed by atoms with Gasteiger partial charge in [-0.15, -0.1) is 12.4 Å². The molecule has 0 aliphatic carbocycles. The Morgan fingerprint density at radius 2 is 1.78 bits per heavy atom. The Hall–Kier alpha value is -0.810. The van der Waals surface area contributed by atoms with Crippen LogP contribution in [0.15, 0.2) is 0 Å². The molecule has 2 aliphatic rings. The highest BCUT2D eigenvalue weighted by Crippen LogP contribution is 2.25. The molecule has 0 aromatic heterocycles. The van der Waals surface area contributed by atoms with E-state index in [1.165, 1.54) is 0 Å². The lowest BCUT2D eigenvalue weighted by molar-refractivity contribution is -0.136. The van der Waals surface area contributed by atoms with Crippen molar-refractivity contribution < 1.29 is 9.59 Å². The second-order valence-electron chi connectivity index (χ2n) is 7.09. The molecule has 2 unspecified atom stereocenters. The zero-order valence-electron chi connectivity index (χ0n) is 14.5. The van der Waals surface area contributed by atoms with Crippen LogP contribution in [-0.4, -0.2) is 53.8 Å². The van der Waals surface area contributed by atoms with E-state index in [-0.39, 0.29) is 30.3 Å². The van der Waals surface area contributed by atoms with Crippen LogP contribution >= 0.6 is 12.4 Å². The molecule has 2 heterocycles. The maximum atomic E-state index is 12.5. The van der Waals surface area contributed by atoms with Gasteiger partial charge in [-0.25, -0.2) is 0 Å². The predicted molar refractivity (Wildman–Crippen MR) is 94.4 cm³/mol. The number of piperidine rings is 2. The van der Waals surface area contributed by atoms with Crippen LogP contribution < -0.4 is 5.73 Å². The van der Waals surface area contributed by atoms with Crippen LogP contribution in [0.2, 0.25) is 0 Å². The molecule has 0 aromatic carbocycles. The molecule has 2 aliphatic heterocycles. The monoisotopic (exact) mass is 345 g/mol. The summed E-state index contributed by atoms with van der Waals surface area (Å²) in [6.45, 7) is 7.01. The minimum absolute atomic E-state index is 0. The summed E-state index contributed by atoms with van der Waals surface area (Å²) in [5, 5.41) is 0. The lowest BCUT2D eigenvalue weighted by Gasteiger charge is -2.38. The van der Waals surface area contributed by atoms with E-state index in [0.717, 1.165) is 51.7 Å². The quantitative estimate of drug-likeness (QED) is 0.847. The van der Waals surface area contributed by atoms with Gasteiger partial charge in [0.15, 0.2) is 0 Å². The van der Waals surface area contributed by atoms with E-state index in [1.54, 1.807) is 6.92 Å². The largest absolute Gasteiger partial charge is 0.343 e. The van der Waals surface area contributed by atoms with Gasteiger partial charge in [-0.1, -0.05) is 6.92 Å². The number of hydrogen-bond donors (Lipinski definition) is 1. The van der Waals surface area contributed by atoms with Crippen molar-refractivity contribution in [2.24, 2.45) is 17.6 Å². The van der Waals surface area contributed by atoms with Gasteiger partial charge in [0.1, 0.15) is 0 Å². The van der Waals surface area contributed by atoms with Crippen molar-refractivity contribution in [3.8, 4) is 0 Å². The lowest BCUT2D eigenvalue weighted by Crippen LogP contribution is -2.49. The van der Waals surface area contributed by atoms with E-state index in [4.69, 9.17) is 5.73 Å². The SMILES string of the molecule is CC(=O)N1CCC(CCC(=O)N2CCC(C)CC2CN)CC1.Cl.